The molecule has 1 nitrogen and oxygen atoms in total. The first-order chi connectivity index (χ1) is 6.72. The Labute approximate surface area is 90.5 Å². The second-order valence-corrected chi connectivity index (χ2v) is 5.54. The lowest BCUT2D eigenvalue weighted by Gasteiger charge is -2.21. The zero-order valence-corrected chi connectivity index (χ0v) is 10.1. The van der Waals surface area contributed by atoms with Crippen molar-refractivity contribution in [1.82, 2.24) is 5.32 Å². The Hall–Kier alpha value is -0.340. The molecule has 1 unspecified atom stereocenters. The summed E-state index contributed by atoms with van der Waals surface area (Å²) in [4.78, 5) is 3.15. The third-order valence-electron chi connectivity index (χ3n) is 3.03. The van der Waals surface area contributed by atoms with Gasteiger partial charge in [0.25, 0.3) is 0 Å². The Kier molecular flexibility index (Phi) is 2.93. The first-order valence-corrected chi connectivity index (χ1v) is 6.33. The van der Waals surface area contributed by atoms with Crippen LogP contribution in [0.3, 0.4) is 0 Å². The van der Waals surface area contributed by atoms with Crippen molar-refractivity contribution in [2.45, 2.75) is 45.1 Å². The average molecular weight is 209 g/mol. The number of aryl methyl sites for hydroxylation is 1. The molecule has 1 atom stereocenters. The summed E-state index contributed by atoms with van der Waals surface area (Å²) < 4.78 is 0. The van der Waals surface area contributed by atoms with Gasteiger partial charge in [-0.1, -0.05) is 13.8 Å². The Bertz CT molecular complexity index is 314. The lowest BCUT2D eigenvalue weighted by Crippen LogP contribution is -2.19. The molecular weight excluding hydrogens is 190 g/mol. The fraction of sp³-hybridized carbons (Fsp3) is 0.667. The molecule has 0 fully saturated rings. The molecule has 0 bridgehead atoms. The highest BCUT2D eigenvalue weighted by Crippen LogP contribution is 2.38. The molecule has 0 saturated heterocycles. The minimum Gasteiger partial charge on any atom is -0.312 e. The second-order valence-electron chi connectivity index (χ2n) is 4.43. The smallest absolute Gasteiger partial charge is 0.0415 e. The lowest BCUT2D eigenvalue weighted by molar-refractivity contribution is 0.506. The highest BCUT2D eigenvalue weighted by molar-refractivity contribution is 7.12. The van der Waals surface area contributed by atoms with Crippen LogP contribution >= 0.6 is 11.3 Å². The molecule has 78 valence electrons. The summed E-state index contributed by atoms with van der Waals surface area (Å²) in [6.07, 6.45) is 3.94. The van der Waals surface area contributed by atoms with Crippen molar-refractivity contribution in [1.29, 1.82) is 0 Å². The predicted molar refractivity (Wildman–Crippen MR) is 63.1 cm³/mol. The third-order valence-corrected chi connectivity index (χ3v) is 4.63. The summed E-state index contributed by atoms with van der Waals surface area (Å²) >= 11 is 2.01. The SMILES string of the molecule is CNC1CCCc2cc(C(C)C)sc21. The van der Waals surface area contributed by atoms with E-state index < -0.39 is 0 Å². The first-order valence-electron chi connectivity index (χ1n) is 5.52. The fourth-order valence-corrected chi connectivity index (χ4v) is 3.50. The fourth-order valence-electron chi connectivity index (χ4n) is 2.14. The number of fused-ring (bicyclic) bond motifs is 1. The van der Waals surface area contributed by atoms with Crippen molar-refractivity contribution in [2.24, 2.45) is 0 Å². The topological polar surface area (TPSA) is 12.0 Å². The molecule has 0 aliphatic heterocycles. The van der Waals surface area contributed by atoms with Gasteiger partial charge >= 0.3 is 0 Å². The largest absolute Gasteiger partial charge is 0.312 e. The zero-order valence-electron chi connectivity index (χ0n) is 9.26. The van der Waals surface area contributed by atoms with Gasteiger partial charge in [0.15, 0.2) is 0 Å². The van der Waals surface area contributed by atoms with Crippen LogP contribution in [0.4, 0.5) is 0 Å². The van der Waals surface area contributed by atoms with Crippen molar-refractivity contribution in [3.05, 3.63) is 21.4 Å². The van der Waals surface area contributed by atoms with E-state index in [1.54, 1.807) is 15.3 Å². The van der Waals surface area contributed by atoms with Gasteiger partial charge in [-0.05, 0) is 43.9 Å². The van der Waals surface area contributed by atoms with Crippen LogP contribution in [-0.4, -0.2) is 7.05 Å². The summed E-state index contributed by atoms with van der Waals surface area (Å²) in [5.74, 6) is 0.683. The van der Waals surface area contributed by atoms with E-state index in [0.717, 1.165) is 0 Å². The van der Waals surface area contributed by atoms with E-state index in [-0.39, 0.29) is 0 Å². The van der Waals surface area contributed by atoms with Crippen LogP contribution in [-0.2, 0) is 6.42 Å². The zero-order chi connectivity index (χ0) is 10.1. The van der Waals surface area contributed by atoms with Gasteiger partial charge in [0, 0.05) is 15.8 Å². The Morgan fingerprint density at radius 1 is 1.50 bits per heavy atom. The maximum absolute atomic E-state index is 3.42. The number of thiophene rings is 1. The highest BCUT2D eigenvalue weighted by Gasteiger charge is 2.22. The Balaban J connectivity index is 2.33. The molecule has 0 spiro atoms. The molecule has 14 heavy (non-hydrogen) atoms. The van der Waals surface area contributed by atoms with Crippen molar-refractivity contribution in [3.63, 3.8) is 0 Å². The summed E-state index contributed by atoms with van der Waals surface area (Å²) in [6, 6.07) is 3.05. The van der Waals surface area contributed by atoms with Crippen LogP contribution in [0.25, 0.3) is 0 Å². The third kappa shape index (κ3) is 1.73. The van der Waals surface area contributed by atoms with E-state index in [1.165, 1.54) is 19.3 Å². The summed E-state index contributed by atoms with van der Waals surface area (Å²) in [5.41, 5.74) is 1.60. The van der Waals surface area contributed by atoms with E-state index in [4.69, 9.17) is 0 Å². The van der Waals surface area contributed by atoms with Crippen molar-refractivity contribution in [3.8, 4) is 0 Å². The summed E-state index contributed by atoms with van der Waals surface area (Å²) in [7, 11) is 2.08. The number of nitrogens with one attached hydrogen (secondary N) is 1. The van der Waals surface area contributed by atoms with Crippen LogP contribution in [0.1, 0.15) is 54.0 Å². The van der Waals surface area contributed by atoms with Crippen molar-refractivity contribution < 1.29 is 0 Å². The normalized spacial score (nSPS) is 21.3. The molecule has 1 heterocycles. The van der Waals surface area contributed by atoms with Crippen LogP contribution in [0.5, 0.6) is 0 Å². The number of rotatable bonds is 2. The van der Waals surface area contributed by atoms with Gasteiger partial charge in [0.2, 0.25) is 0 Å². The molecule has 0 amide bonds. The van der Waals surface area contributed by atoms with E-state index >= 15 is 0 Å². The van der Waals surface area contributed by atoms with Gasteiger partial charge in [-0.2, -0.15) is 0 Å². The summed E-state index contributed by atoms with van der Waals surface area (Å²) in [5, 5.41) is 3.42. The molecule has 0 saturated carbocycles. The molecular formula is C12H19NS. The first kappa shape index (κ1) is 10.2. The lowest BCUT2D eigenvalue weighted by atomic mass is 9.94. The minimum atomic E-state index is 0.622. The molecule has 0 radical (unpaired) electrons. The van der Waals surface area contributed by atoms with E-state index in [9.17, 15) is 0 Å². The number of hydrogen-bond donors (Lipinski definition) is 1. The van der Waals surface area contributed by atoms with Crippen LogP contribution in [0, 0.1) is 0 Å². The molecule has 1 aromatic heterocycles. The monoisotopic (exact) mass is 209 g/mol. The Morgan fingerprint density at radius 3 is 2.93 bits per heavy atom. The molecule has 1 aromatic rings. The molecule has 1 aliphatic rings. The van der Waals surface area contributed by atoms with Crippen molar-refractivity contribution >= 4 is 11.3 Å². The van der Waals surface area contributed by atoms with Gasteiger partial charge in [-0.3, -0.25) is 0 Å². The van der Waals surface area contributed by atoms with Crippen LogP contribution < -0.4 is 5.32 Å². The summed E-state index contributed by atoms with van der Waals surface area (Å²) in [6.45, 7) is 4.57. The highest BCUT2D eigenvalue weighted by atomic mass is 32.1. The van der Waals surface area contributed by atoms with E-state index in [2.05, 4.69) is 32.3 Å². The van der Waals surface area contributed by atoms with E-state index in [1.807, 2.05) is 11.3 Å². The molecule has 2 rings (SSSR count). The molecule has 1 aliphatic carbocycles. The number of hydrogen-bond acceptors (Lipinski definition) is 2. The maximum Gasteiger partial charge on any atom is 0.0415 e. The van der Waals surface area contributed by atoms with Gasteiger partial charge in [-0.25, -0.2) is 0 Å². The quantitative estimate of drug-likeness (QED) is 0.786. The minimum absolute atomic E-state index is 0.622. The van der Waals surface area contributed by atoms with Gasteiger partial charge in [0.1, 0.15) is 0 Å². The standard InChI is InChI=1S/C12H19NS/c1-8(2)11-7-9-5-4-6-10(13-3)12(9)14-11/h7-8,10,13H,4-6H2,1-3H3. The van der Waals surface area contributed by atoms with Gasteiger partial charge in [0.05, 0.1) is 0 Å². The second kappa shape index (κ2) is 4.03. The molecule has 1 N–H and O–H groups in total. The molecule has 2 heteroatoms. The van der Waals surface area contributed by atoms with Gasteiger partial charge in [-0.15, -0.1) is 11.3 Å². The maximum atomic E-state index is 3.42. The molecule has 0 aromatic carbocycles. The predicted octanol–water partition coefficient (Wildman–Crippen LogP) is 3.47. The van der Waals surface area contributed by atoms with Gasteiger partial charge < -0.3 is 5.32 Å². The van der Waals surface area contributed by atoms with Crippen molar-refractivity contribution in [2.75, 3.05) is 7.05 Å². The van der Waals surface area contributed by atoms with Crippen LogP contribution in [0.15, 0.2) is 6.07 Å². The Morgan fingerprint density at radius 2 is 2.29 bits per heavy atom. The van der Waals surface area contributed by atoms with Crippen LogP contribution in [0.2, 0.25) is 0 Å². The average Bonchev–Trinajstić information content (AvgIpc) is 2.60. The van der Waals surface area contributed by atoms with E-state index in [0.29, 0.717) is 12.0 Å².